The van der Waals surface area contributed by atoms with E-state index in [2.05, 4.69) is 5.92 Å². The van der Waals surface area contributed by atoms with Gasteiger partial charge in [0.15, 0.2) is 0 Å². The molecule has 1 aromatic rings. The molecule has 0 bridgehead atoms. The Kier molecular flexibility index (Phi) is 1.41. The van der Waals surface area contributed by atoms with E-state index >= 15 is 0 Å². The van der Waals surface area contributed by atoms with E-state index in [4.69, 9.17) is 11.2 Å². The number of epoxide rings is 1. The number of hydrogen-bond acceptors (Lipinski definition) is 1. The topological polar surface area (TPSA) is 12.5 Å². The zero-order valence-corrected chi connectivity index (χ0v) is 6.03. The molecule has 1 heteroatoms. The van der Waals surface area contributed by atoms with Crippen LogP contribution >= 0.6 is 0 Å². The molecule has 2 rings (SSSR count). The van der Waals surface area contributed by atoms with E-state index in [1.54, 1.807) is 0 Å². The van der Waals surface area contributed by atoms with Crippen LogP contribution in [0, 0.1) is 12.3 Å². The molecule has 2 unspecified atom stereocenters. The zero-order chi connectivity index (χ0) is 7.68. The van der Waals surface area contributed by atoms with Crippen LogP contribution in [0.4, 0.5) is 0 Å². The molecular weight excluding hydrogens is 136 g/mol. The fourth-order valence-corrected chi connectivity index (χ4v) is 1.14. The number of ether oxygens (including phenoxy) is 1. The maximum absolute atomic E-state index is 5.22. The van der Waals surface area contributed by atoms with Crippen molar-refractivity contribution in [3.8, 4) is 12.3 Å². The molecule has 1 fully saturated rings. The average molecular weight is 144 g/mol. The second-order valence-electron chi connectivity index (χ2n) is 2.55. The summed E-state index contributed by atoms with van der Waals surface area (Å²) in [6.07, 6.45) is 5.35. The first kappa shape index (κ1) is 6.45. The fraction of sp³-hybridized carbons (Fsp3) is 0.200. The Bertz CT molecular complexity index is 283. The first-order chi connectivity index (χ1) is 5.42. The van der Waals surface area contributed by atoms with Gasteiger partial charge in [-0.2, -0.15) is 0 Å². The van der Waals surface area contributed by atoms with Crippen LogP contribution in [-0.2, 0) is 4.74 Å². The van der Waals surface area contributed by atoms with E-state index in [-0.39, 0.29) is 12.2 Å². The molecule has 1 aliphatic rings. The molecule has 2 atom stereocenters. The summed E-state index contributed by atoms with van der Waals surface area (Å²) in [6.45, 7) is 0. The van der Waals surface area contributed by atoms with Crippen molar-refractivity contribution in [2.75, 3.05) is 0 Å². The second kappa shape index (κ2) is 2.41. The van der Waals surface area contributed by atoms with Crippen molar-refractivity contribution in [2.45, 2.75) is 12.2 Å². The second-order valence-corrected chi connectivity index (χ2v) is 2.55. The molecule has 11 heavy (non-hydrogen) atoms. The minimum atomic E-state index is 0.0115. The monoisotopic (exact) mass is 144 g/mol. The maximum atomic E-state index is 5.22. The smallest absolute Gasteiger partial charge is 0.149 e. The molecule has 0 radical (unpaired) electrons. The van der Waals surface area contributed by atoms with Crippen LogP contribution in [-0.4, -0.2) is 6.10 Å². The molecule has 0 N–H and O–H groups in total. The number of hydrogen-bond donors (Lipinski definition) is 0. The third kappa shape index (κ3) is 1.13. The Morgan fingerprint density at radius 1 is 1.27 bits per heavy atom. The summed E-state index contributed by atoms with van der Waals surface area (Å²) < 4.78 is 5.22. The number of benzene rings is 1. The molecule has 0 amide bonds. The normalized spacial score (nSPS) is 27.5. The summed E-state index contributed by atoms with van der Waals surface area (Å²) in [7, 11) is 0. The largest absolute Gasteiger partial charge is 0.351 e. The lowest BCUT2D eigenvalue weighted by Crippen LogP contribution is -1.82. The number of rotatable bonds is 1. The van der Waals surface area contributed by atoms with Crippen LogP contribution in [0.3, 0.4) is 0 Å². The van der Waals surface area contributed by atoms with Crippen LogP contribution in [0.25, 0.3) is 0 Å². The summed E-state index contributed by atoms with van der Waals surface area (Å²) in [5.41, 5.74) is 1.18. The van der Waals surface area contributed by atoms with E-state index in [1.807, 2.05) is 30.3 Å². The fourth-order valence-electron chi connectivity index (χ4n) is 1.14. The molecule has 1 aliphatic heterocycles. The van der Waals surface area contributed by atoms with E-state index in [0.29, 0.717) is 0 Å². The van der Waals surface area contributed by atoms with Gasteiger partial charge >= 0.3 is 0 Å². The standard InChI is InChI=1S/C10H8O/c1-2-9-10(11-9)8-6-4-3-5-7-8/h1,3-7,9-10H. The molecule has 0 spiro atoms. The highest BCUT2D eigenvalue weighted by Gasteiger charge is 2.38. The Hall–Kier alpha value is -1.26. The van der Waals surface area contributed by atoms with Gasteiger partial charge in [-0.25, -0.2) is 0 Å². The van der Waals surface area contributed by atoms with Crippen LogP contribution in [0.1, 0.15) is 11.7 Å². The molecule has 1 saturated heterocycles. The van der Waals surface area contributed by atoms with Crippen molar-refractivity contribution in [3.63, 3.8) is 0 Å². The van der Waals surface area contributed by atoms with Gasteiger partial charge in [-0.1, -0.05) is 36.3 Å². The van der Waals surface area contributed by atoms with Gasteiger partial charge in [0.1, 0.15) is 12.2 Å². The Morgan fingerprint density at radius 3 is 2.55 bits per heavy atom. The molecule has 0 saturated carbocycles. The van der Waals surface area contributed by atoms with Crippen LogP contribution in [0.5, 0.6) is 0 Å². The Labute approximate surface area is 66.0 Å². The molecule has 0 aromatic heterocycles. The van der Waals surface area contributed by atoms with Gasteiger partial charge in [0.25, 0.3) is 0 Å². The number of terminal acetylenes is 1. The third-order valence-corrected chi connectivity index (χ3v) is 1.78. The predicted molar refractivity (Wildman–Crippen MR) is 42.9 cm³/mol. The summed E-state index contributed by atoms with van der Waals surface area (Å²) >= 11 is 0. The van der Waals surface area contributed by atoms with Gasteiger partial charge in [0.05, 0.1) is 0 Å². The van der Waals surface area contributed by atoms with Crippen molar-refractivity contribution < 1.29 is 4.74 Å². The molecule has 1 aromatic carbocycles. The molecular formula is C10H8O. The summed E-state index contributed by atoms with van der Waals surface area (Å²) in [5.74, 6) is 2.57. The van der Waals surface area contributed by atoms with Crippen LogP contribution in [0.2, 0.25) is 0 Å². The third-order valence-electron chi connectivity index (χ3n) is 1.78. The van der Waals surface area contributed by atoms with Crippen molar-refractivity contribution in [1.29, 1.82) is 0 Å². The zero-order valence-electron chi connectivity index (χ0n) is 6.03. The minimum Gasteiger partial charge on any atom is -0.351 e. The van der Waals surface area contributed by atoms with Gasteiger partial charge < -0.3 is 4.74 Å². The SMILES string of the molecule is C#CC1OC1c1ccccc1. The molecule has 1 heterocycles. The average Bonchev–Trinajstić information content (AvgIpc) is 2.85. The lowest BCUT2D eigenvalue weighted by Gasteiger charge is -1.90. The van der Waals surface area contributed by atoms with Gasteiger partial charge in [-0.15, -0.1) is 6.42 Å². The predicted octanol–water partition coefficient (Wildman–Crippen LogP) is 1.76. The quantitative estimate of drug-likeness (QED) is 0.432. The highest BCUT2D eigenvalue weighted by atomic mass is 16.6. The van der Waals surface area contributed by atoms with Crippen molar-refractivity contribution >= 4 is 0 Å². The lowest BCUT2D eigenvalue weighted by molar-refractivity contribution is 0.397. The van der Waals surface area contributed by atoms with Crippen molar-refractivity contribution in [1.82, 2.24) is 0 Å². The van der Waals surface area contributed by atoms with Gasteiger partial charge in [-0.3, -0.25) is 0 Å². The minimum absolute atomic E-state index is 0.0115. The van der Waals surface area contributed by atoms with Gasteiger partial charge in [0, 0.05) is 0 Å². The highest BCUT2D eigenvalue weighted by Crippen LogP contribution is 2.37. The Morgan fingerprint density at radius 2 is 2.00 bits per heavy atom. The highest BCUT2D eigenvalue weighted by molar-refractivity contribution is 5.26. The molecule has 0 aliphatic carbocycles. The van der Waals surface area contributed by atoms with E-state index in [9.17, 15) is 0 Å². The van der Waals surface area contributed by atoms with Gasteiger partial charge in [-0.05, 0) is 5.56 Å². The summed E-state index contributed by atoms with van der Waals surface area (Å²) in [6, 6.07) is 10.0. The van der Waals surface area contributed by atoms with Crippen LogP contribution < -0.4 is 0 Å². The maximum Gasteiger partial charge on any atom is 0.149 e. The van der Waals surface area contributed by atoms with Crippen molar-refractivity contribution in [2.24, 2.45) is 0 Å². The summed E-state index contributed by atoms with van der Waals surface area (Å²) in [5, 5.41) is 0. The van der Waals surface area contributed by atoms with Gasteiger partial charge in [0.2, 0.25) is 0 Å². The molecule has 54 valence electrons. The van der Waals surface area contributed by atoms with E-state index in [1.165, 1.54) is 5.56 Å². The molecule has 1 nitrogen and oxygen atoms in total. The van der Waals surface area contributed by atoms with Crippen LogP contribution in [0.15, 0.2) is 30.3 Å². The Balaban J connectivity index is 2.16. The van der Waals surface area contributed by atoms with E-state index < -0.39 is 0 Å². The lowest BCUT2D eigenvalue weighted by atomic mass is 10.1. The van der Waals surface area contributed by atoms with Crippen molar-refractivity contribution in [3.05, 3.63) is 35.9 Å². The first-order valence-electron chi connectivity index (χ1n) is 3.58. The first-order valence-corrected chi connectivity index (χ1v) is 3.58. The summed E-state index contributed by atoms with van der Waals surface area (Å²) in [4.78, 5) is 0. The van der Waals surface area contributed by atoms with E-state index in [0.717, 1.165) is 0 Å².